The largest absolute Gasteiger partial charge is 0.497 e. The highest BCUT2D eigenvalue weighted by molar-refractivity contribution is 7.86. The second kappa shape index (κ2) is 26.9. The second-order valence-corrected chi connectivity index (χ2v) is 21.3. The molecule has 0 N–H and O–H groups in total. The number of ether oxygens (including phenoxy) is 16. The summed E-state index contributed by atoms with van der Waals surface area (Å²) in [4.78, 5) is 42.5. The number of carbonyl (C=O) groups excluding carboxylic acids is 3. The third-order valence-electron chi connectivity index (χ3n) is 14.3. The van der Waals surface area contributed by atoms with Crippen molar-refractivity contribution in [3.05, 3.63) is 168 Å². The topological polar surface area (TPSA) is 242 Å². The van der Waals surface area contributed by atoms with Crippen LogP contribution in [0.3, 0.4) is 0 Å². The van der Waals surface area contributed by atoms with Crippen LogP contribution < -0.4 is 9.47 Å². The van der Waals surface area contributed by atoms with Crippen LogP contribution >= 0.6 is 0 Å². The van der Waals surface area contributed by atoms with Crippen LogP contribution in [0, 0.1) is 0 Å². The predicted octanol–water partition coefficient (Wildman–Crippen LogP) is 5.93. The molecule has 22 nitrogen and oxygen atoms in total. The zero-order valence-corrected chi connectivity index (χ0v) is 46.9. The zero-order chi connectivity index (χ0) is 58.0. The molecule has 0 amide bonds. The van der Waals surface area contributed by atoms with Gasteiger partial charge in [-0.25, -0.2) is 14.4 Å². The summed E-state index contributed by atoms with van der Waals surface area (Å²) in [5.74, 6) is -5.11. The number of esters is 3. The van der Waals surface area contributed by atoms with Crippen molar-refractivity contribution in [3.8, 4) is 11.5 Å². The first-order chi connectivity index (χ1) is 39.5. The van der Waals surface area contributed by atoms with E-state index in [1.54, 1.807) is 147 Å². The molecular weight excluding hydrogens is 1090 g/mol. The van der Waals surface area contributed by atoms with Gasteiger partial charge in [0.25, 0.3) is 10.1 Å². The fourth-order valence-corrected chi connectivity index (χ4v) is 10.4. The molecule has 0 saturated carbocycles. The van der Waals surface area contributed by atoms with Crippen LogP contribution in [0.2, 0.25) is 0 Å². The molecule has 4 fully saturated rings. The Hall–Kier alpha value is -6.42. The Kier molecular flexibility index (Phi) is 19.7. The number of hydrogen-bond donors (Lipinski definition) is 0. The van der Waals surface area contributed by atoms with Gasteiger partial charge in [0.15, 0.2) is 24.8 Å². The van der Waals surface area contributed by atoms with Gasteiger partial charge < -0.3 is 75.8 Å². The standard InChI is InChI=1S/C59H66O22S/c1-58(67-5)59(2,68-6)80-45-43(79-58)35-72-56(51(45)78-57-49(70-33-37-22-14-9-15-23-37)46(69-32-36-20-12-8-13-21-36)47(81-82(7,63)64)48(77-57)54(62)66-4)74-42-34-71-55(73-41-30-28-40(65-3)29-31-41)50(76-53(61)39-26-18-11-19-27-39)44(42)75-52(60)38-24-16-10-17-25-38/h8-31,42-51,55-57H,32-35H2,1-7H3/t42-,43-,44+,45+,46+,47+,48+,49-,50-,51-,55+,56+,57-,58+,59+/m1/s1. The van der Waals surface area contributed by atoms with Crippen LogP contribution in [0.4, 0.5) is 0 Å². The van der Waals surface area contributed by atoms with Gasteiger partial charge in [0.1, 0.15) is 54.2 Å². The van der Waals surface area contributed by atoms with Gasteiger partial charge >= 0.3 is 17.9 Å². The van der Waals surface area contributed by atoms with Crippen LogP contribution in [0.25, 0.3) is 0 Å². The van der Waals surface area contributed by atoms with E-state index in [2.05, 4.69) is 0 Å². The SMILES string of the molecule is COC(=O)[C@H]1O[C@H](O[C@H]2[C@H](O[C@@H]3CO[C@@H](Oc4ccc(OC)cc4)[C@H](OC(=O)c4ccccc4)[C@H]3OC(=O)c3ccccc3)OC[C@H]3O[C@](C)(OC)[C@@](C)(OC)O[C@H]23)[C@H](OCc2ccccc2)[C@@H](OCc2ccccc2)[C@@H]1OS(C)(=O)=O. The van der Waals surface area contributed by atoms with Crippen LogP contribution in [-0.2, 0) is 98.6 Å². The molecule has 82 heavy (non-hydrogen) atoms. The molecule has 5 aromatic carbocycles. The van der Waals surface area contributed by atoms with E-state index in [9.17, 15) is 22.8 Å². The molecule has 4 saturated heterocycles. The lowest BCUT2D eigenvalue weighted by Crippen LogP contribution is -2.72. The van der Waals surface area contributed by atoms with Gasteiger partial charge in [-0.2, -0.15) is 8.42 Å². The Morgan fingerprint density at radius 2 is 1.06 bits per heavy atom. The average molecular weight is 1160 g/mol. The van der Waals surface area contributed by atoms with Crippen molar-refractivity contribution in [2.24, 2.45) is 0 Å². The van der Waals surface area contributed by atoms with Crippen LogP contribution in [-0.4, -0.2) is 166 Å². The van der Waals surface area contributed by atoms with Gasteiger partial charge in [-0.05, 0) is 73.5 Å². The minimum atomic E-state index is -4.36. The van der Waals surface area contributed by atoms with Gasteiger partial charge in [-0.3, -0.25) is 4.18 Å². The Morgan fingerprint density at radius 3 is 1.60 bits per heavy atom. The Balaban J connectivity index is 1.14. The maximum absolute atomic E-state index is 14.3. The van der Waals surface area contributed by atoms with Crippen molar-refractivity contribution >= 4 is 28.0 Å². The smallest absolute Gasteiger partial charge is 0.338 e. The first-order valence-electron chi connectivity index (χ1n) is 26.3. The number of carbonyl (C=O) groups is 3. The van der Waals surface area contributed by atoms with Crippen molar-refractivity contribution in [1.29, 1.82) is 0 Å². The Morgan fingerprint density at radius 1 is 0.549 bits per heavy atom. The van der Waals surface area contributed by atoms with Crippen LogP contribution in [0.15, 0.2) is 146 Å². The monoisotopic (exact) mass is 1160 g/mol. The minimum absolute atomic E-state index is 0.119. The highest BCUT2D eigenvalue weighted by Gasteiger charge is 2.63. The second-order valence-electron chi connectivity index (χ2n) is 19.7. The number of methoxy groups -OCH3 is 4. The summed E-state index contributed by atoms with van der Waals surface area (Å²) in [7, 11) is 1.05. The van der Waals surface area contributed by atoms with Gasteiger partial charge in [-0.15, -0.1) is 0 Å². The van der Waals surface area contributed by atoms with E-state index in [0.717, 1.165) is 13.4 Å². The van der Waals surface area contributed by atoms with Crippen molar-refractivity contribution in [2.75, 3.05) is 47.9 Å². The van der Waals surface area contributed by atoms with Crippen LogP contribution in [0.1, 0.15) is 45.7 Å². The van der Waals surface area contributed by atoms with E-state index in [4.69, 9.17) is 80.0 Å². The molecule has 4 aliphatic rings. The fourth-order valence-electron chi connectivity index (χ4n) is 9.79. The molecule has 0 aromatic heterocycles. The molecule has 4 heterocycles. The number of benzene rings is 5. The molecule has 4 aliphatic heterocycles. The van der Waals surface area contributed by atoms with Gasteiger partial charge in [-0.1, -0.05) is 97.1 Å². The molecule has 0 bridgehead atoms. The van der Waals surface area contributed by atoms with E-state index in [-0.39, 0.29) is 36.7 Å². The van der Waals surface area contributed by atoms with Gasteiger partial charge in [0.2, 0.25) is 24.0 Å². The summed E-state index contributed by atoms with van der Waals surface area (Å²) in [6, 6.07) is 40.9. The normalized spacial score (nSPS) is 30.9. The van der Waals surface area contributed by atoms with E-state index in [1.165, 1.54) is 21.3 Å². The lowest BCUT2D eigenvalue weighted by atomic mass is 9.96. The van der Waals surface area contributed by atoms with Crippen molar-refractivity contribution in [2.45, 2.75) is 119 Å². The molecule has 440 valence electrons. The zero-order valence-electron chi connectivity index (χ0n) is 46.1. The molecule has 23 heteroatoms. The maximum Gasteiger partial charge on any atom is 0.338 e. The molecule has 15 atom stereocenters. The quantitative estimate of drug-likeness (QED) is 0.0443. The van der Waals surface area contributed by atoms with Crippen molar-refractivity contribution < 1.29 is 103 Å². The fraction of sp³-hybridized carbons (Fsp3) is 0.441. The van der Waals surface area contributed by atoms with Gasteiger partial charge in [0, 0.05) is 14.2 Å². The van der Waals surface area contributed by atoms with Crippen molar-refractivity contribution in [3.63, 3.8) is 0 Å². The molecule has 0 spiro atoms. The summed E-state index contributed by atoms with van der Waals surface area (Å²) in [5, 5.41) is 0. The number of fused-ring (bicyclic) bond motifs is 1. The molecule has 0 aliphatic carbocycles. The summed E-state index contributed by atoms with van der Waals surface area (Å²) in [6.45, 7) is 2.32. The molecular formula is C59H66O22S. The third-order valence-corrected chi connectivity index (χ3v) is 14.9. The highest BCUT2D eigenvalue weighted by Crippen LogP contribution is 2.45. The van der Waals surface area contributed by atoms with E-state index in [0.29, 0.717) is 16.9 Å². The summed E-state index contributed by atoms with van der Waals surface area (Å²) in [5.41, 5.74) is 1.67. The first kappa shape index (κ1) is 60.2. The molecule has 5 aromatic rings. The summed E-state index contributed by atoms with van der Waals surface area (Å²) in [6.07, 6.45) is -18.7. The molecule has 0 unspecified atom stereocenters. The van der Waals surface area contributed by atoms with E-state index in [1.807, 2.05) is 12.1 Å². The maximum atomic E-state index is 14.3. The summed E-state index contributed by atoms with van der Waals surface area (Å²) >= 11 is 0. The molecule has 0 radical (unpaired) electrons. The Bertz CT molecular complexity index is 2980. The minimum Gasteiger partial charge on any atom is -0.497 e. The van der Waals surface area contributed by atoms with Crippen molar-refractivity contribution in [1.82, 2.24) is 0 Å². The Labute approximate surface area is 474 Å². The van der Waals surface area contributed by atoms with E-state index < -0.39 is 126 Å². The highest BCUT2D eigenvalue weighted by atomic mass is 32.2. The average Bonchev–Trinajstić information content (AvgIpc) is 3.62. The number of rotatable bonds is 22. The third kappa shape index (κ3) is 14.1. The van der Waals surface area contributed by atoms with Crippen LogP contribution in [0.5, 0.6) is 11.5 Å². The van der Waals surface area contributed by atoms with Gasteiger partial charge in [0.05, 0.1) is 58.0 Å². The summed E-state index contributed by atoms with van der Waals surface area (Å²) < 4.78 is 134. The molecule has 9 rings (SSSR count). The lowest BCUT2D eigenvalue weighted by Gasteiger charge is -2.56. The lowest BCUT2D eigenvalue weighted by molar-refractivity contribution is -0.480. The predicted molar refractivity (Wildman–Crippen MR) is 285 cm³/mol. The van der Waals surface area contributed by atoms with E-state index >= 15 is 0 Å². The first-order valence-corrected chi connectivity index (χ1v) is 28.1. The number of hydrogen-bond acceptors (Lipinski definition) is 22.